The van der Waals surface area contributed by atoms with Gasteiger partial charge in [-0.1, -0.05) is 18.5 Å². The van der Waals surface area contributed by atoms with Crippen molar-refractivity contribution in [1.29, 1.82) is 0 Å². The van der Waals surface area contributed by atoms with E-state index in [1.54, 1.807) is 15.5 Å². The van der Waals surface area contributed by atoms with Crippen molar-refractivity contribution in [2.24, 2.45) is 0 Å². The van der Waals surface area contributed by atoms with Crippen molar-refractivity contribution in [2.45, 2.75) is 64.5 Å². The van der Waals surface area contributed by atoms with Crippen molar-refractivity contribution in [3.8, 4) is 0 Å². The molecule has 2 aromatic heterocycles. The Kier molecular flexibility index (Phi) is 8.42. The summed E-state index contributed by atoms with van der Waals surface area (Å²) in [4.78, 5) is 34.8. The molecule has 2 saturated heterocycles. The fourth-order valence-corrected chi connectivity index (χ4v) is 6.47. The predicted molar refractivity (Wildman–Crippen MR) is 159 cm³/mol. The van der Waals surface area contributed by atoms with Gasteiger partial charge in [0, 0.05) is 54.9 Å². The molecule has 220 valence electrons. The van der Waals surface area contributed by atoms with Crippen molar-refractivity contribution in [3.63, 3.8) is 0 Å². The molecule has 0 bridgehead atoms. The summed E-state index contributed by atoms with van der Waals surface area (Å²) in [7, 11) is -3.60. The smallest absolute Gasteiger partial charge is 0.256 e. The Morgan fingerprint density at radius 2 is 1.95 bits per heavy atom. The Morgan fingerprint density at radius 3 is 2.71 bits per heavy atom. The minimum absolute atomic E-state index is 0.0866. The number of nitrogens with one attached hydrogen (secondary N) is 2. The highest BCUT2D eigenvalue weighted by Gasteiger charge is 2.33. The number of amides is 2. The number of halogens is 1. The molecule has 41 heavy (non-hydrogen) atoms. The van der Waals surface area contributed by atoms with Gasteiger partial charge >= 0.3 is 0 Å². The number of carbonyl (C=O) groups excluding carboxylic acids is 2. The van der Waals surface area contributed by atoms with Gasteiger partial charge in [-0.15, -0.1) is 0 Å². The number of fused-ring (bicyclic) bond motifs is 1. The van der Waals surface area contributed by atoms with E-state index in [1.807, 2.05) is 26.1 Å². The van der Waals surface area contributed by atoms with Crippen LogP contribution in [-0.4, -0.2) is 71.7 Å². The molecule has 13 heteroatoms. The second-order valence-corrected chi connectivity index (χ2v) is 13.1. The zero-order valence-electron chi connectivity index (χ0n) is 23.6. The summed E-state index contributed by atoms with van der Waals surface area (Å²) in [5.74, 6) is 0.644. The van der Waals surface area contributed by atoms with Crippen LogP contribution < -0.4 is 14.9 Å². The Balaban J connectivity index is 1.40. The maximum atomic E-state index is 13.8. The van der Waals surface area contributed by atoms with Crippen LogP contribution in [-0.2, 0) is 14.8 Å². The van der Waals surface area contributed by atoms with E-state index in [0.29, 0.717) is 30.2 Å². The molecule has 3 aromatic rings. The van der Waals surface area contributed by atoms with Crippen molar-refractivity contribution in [2.75, 3.05) is 35.5 Å². The molecule has 5 rings (SSSR count). The second-order valence-electron chi connectivity index (χ2n) is 10.9. The molecule has 2 amide bonds. The maximum absolute atomic E-state index is 13.8. The van der Waals surface area contributed by atoms with Crippen molar-refractivity contribution in [1.82, 2.24) is 24.8 Å². The molecule has 0 saturated carbocycles. The average Bonchev–Trinajstić information content (AvgIpc) is 3.54. The van der Waals surface area contributed by atoms with Crippen LogP contribution in [0.1, 0.15) is 73.1 Å². The van der Waals surface area contributed by atoms with E-state index in [4.69, 9.17) is 21.7 Å². The van der Waals surface area contributed by atoms with Gasteiger partial charge in [-0.3, -0.25) is 14.3 Å². The van der Waals surface area contributed by atoms with Gasteiger partial charge in [0.15, 0.2) is 5.65 Å². The van der Waals surface area contributed by atoms with Gasteiger partial charge in [0.1, 0.15) is 5.82 Å². The highest BCUT2D eigenvalue weighted by atomic mass is 35.5. The maximum Gasteiger partial charge on any atom is 0.256 e. The summed E-state index contributed by atoms with van der Waals surface area (Å²) in [5, 5.41) is 8.28. The number of aryl methyl sites for hydroxylation is 1. The fourth-order valence-electron chi connectivity index (χ4n) is 5.72. The van der Waals surface area contributed by atoms with Gasteiger partial charge in [0.2, 0.25) is 15.9 Å². The van der Waals surface area contributed by atoms with Crippen LogP contribution in [0.4, 0.5) is 11.5 Å². The molecule has 1 aromatic carbocycles. The third-order valence-electron chi connectivity index (χ3n) is 7.57. The minimum Gasteiger partial charge on any atom is -0.354 e. The predicted octanol–water partition coefficient (Wildman–Crippen LogP) is 3.93. The molecule has 11 nitrogen and oxygen atoms in total. The quantitative estimate of drug-likeness (QED) is 0.400. The van der Waals surface area contributed by atoms with E-state index >= 15 is 0 Å². The largest absolute Gasteiger partial charge is 0.354 e. The third kappa shape index (κ3) is 6.59. The van der Waals surface area contributed by atoms with Gasteiger partial charge in [-0.2, -0.15) is 5.10 Å². The van der Waals surface area contributed by atoms with Gasteiger partial charge < -0.3 is 15.1 Å². The summed E-state index contributed by atoms with van der Waals surface area (Å²) in [5.41, 5.74) is 2.77. The Morgan fingerprint density at radius 1 is 1.15 bits per heavy atom. The Hall–Kier alpha value is -3.38. The standard InChI is InChI=1S/C28H36ClN7O4S/c1-4-7-26(37)30-20-11-13-34(17-20)27-18(2)16-36-25(31-27)15-23(32-36)24-8-5-6-12-35(24)28(38)21-14-19(29)9-10-22(21)33-41(3,39)40/h9-10,14-16,20,24,33H,4-8,11-13,17H2,1-3H3,(H,30,37). The molecule has 2 N–H and O–H groups in total. The zero-order chi connectivity index (χ0) is 29.3. The Bertz CT molecular complexity index is 1570. The molecule has 0 radical (unpaired) electrons. The summed E-state index contributed by atoms with van der Waals surface area (Å²) < 4.78 is 28.1. The normalized spacial score (nSPS) is 19.5. The number of hydrogen-bond acceptors (Lipinski definition) is 7. The van der Waals surface area contributed by atoms with E-state index < -0.39 is 10.0 Å². The number of hydrogen-bond donors (Lipinski definition) is 2. The zero-order valence-corrected chi connectivity index (χ0v) is 25.1. The first kappa shape index (κ1) is 29.1. The number of rotatable bonds is 8. The number of sulfonamides is 1. The molecular formula is C28H36ClN7O4S. The van der Waals surface area contributed by atoms with E-state index in [-0.39, 0.29) is 35.1 Å². The van der Waals surface area contributed by atoms with Crippen LogP contribution in [0.25, 0.3) is 5.65 Å². The summed E-state index contributed by atoms with van der Waals surface area (Å²) in [6.45, 7) is 6.01. The van der Waals surface area contributed by atoms with Crippen LogP contribution >= 0.6 is 11.6 Å². The van der Waals surface area contributed by atoms with Crippen LogP contribution in [0.2, 0.25) is 5.02 Å². The van der Waals surface area contributed by atoms with E-state index in [0.717, 1.165) is 62.0 Å². The topological polar surface area (TPSA) is 129 Å². The minimum atomic E-state index is -3.60. The molecule has 2 aliphatic rings. The average molecular weight is 602 g/mol. The van der Waals surface area contributed by atoms with Crippen molar-refractivity contribution in [3.05, 3.63) is 52.3 Å². The lowest BCUT2D eigenvalue weighted by Gasteiger charge is -2.35. The number of aromatic nitrogens is 3. The first-order valence-corrected chi connectivity index (χ1v) is 16.3. The van der Waals surface area contributed by atoms with Crippen LogP contribution in [0.15, 0.2) is 30.5 Å². The molecule has 2 fully saturated rings. The molecule has 2 aliphatic heterocycles. The number of piperidine rings is 1. The Labute approximate surface area is 245 Å². The summed E-state index contributed by atoms with van der Waals surface area (Å²) in [6, 6.07) is 6.28. The molecule has 0 aliphatic carbocycles. The van der Waals surface area contributed by atoms with Gasteiger partial charge in [0.25, 0.3) is 5.91 Å². The first-order valence-electron chi connectivity index (χ1n) is 14.0. The van der Waals surface area contributed by atoms with Crippen molar-refractivity contribution < 1.29 is 18.0 Å². The van der Waals surface area contributed by atoms with E-state index in [1.165, 1.54) is 12.1 Å². The van der Waals surface area contributed by atoms with E-state index in [2.05, 4.69) is 14.9 Å². The number of nitrogens with zero attached hydrogens (tertiary/aromatic N) is 5. The van der Waals surface area contributed by atoms with Gasteiger partial charge in [-0.05, 0) is 57.2 Å². The van der Waals surface area contributed by atoms with E-state index in [9.17, 15) is 18.0 Å². The van der Waals surface area contributed by atoms with Crippen LogP contribution in [0.5, 0.6) is 0 Å². The lowest BCUT2D eigenvalue weighted by atomic mass is 9.98. The lowest BCUT2D eigenvalue weighted by molar-refractivity contribution is -0.121. The van der Waals surface area contributed by atoms with Crippen LogP contribution in [0.3, 0.4) is 0 Å². The molecule has 4 heterocycles. The fraction of sp³-hybridized carbons (Fsp3) is 0.500. The second kappa shape index (κ2) is 11.8. The highest BCUT2D eigenvalue weighted by molar-refractivity contribution is 7.92. The summed E-state index contributed by atoms with van der Waals surface area (Å²) in [6.07, 6.45) is 7.71. The summed E-state index contributed by atoms with van der Waals surface area (Å²) >= 11 is 6.21. The SMILES string of the molecule is CCCC(=O)NC1CCN(c2nc3cc(C4CCCCN4C(=O)c4cc(Cl)ccc4NS(C)(=O)=O)nn3cc2C)C1. The first-order chi connectivity index (χ1) is 19.5. The van der Waals surface area contributed by atoms with Gasteiger partial charge in [0.05, 0.1) is 29.2 Å². The third-order valence-corrected chi connectivity index (χ3v) is 8.39. The molecule has 2 unspecified atom stereocenters. The number of likely N-dealkylation sites (tertiary alicyclic amines) is 1. The van der Waals surface area contributed by atoms with Crippen molar-refractivity contribution >= 4 is 50.6 Å². The molecular weight excluding hydrogens is 566 g/mol. The number of carbonyl (C=O) groups is 2. The number of anilines is 2. The van der Waals surface area contributed by atoms with Crippen LogP contribution in [0, 0.1) is 6.92 Å². The molecule has 2 atom stereocenters. The lowest BCUT2D eigenvalue weighted by Crippen LogP contribution is -2.39. The number of benzene rings is 1. The monoisotopic (exact) mass is 601 g/mol. The molecule has 0 spiro atoms. The van der Waals surface area contributed by atoms with Gasteiger partial charge in [-0.25, -0.2) is 17.9 Å². The highest BCUT2D eigenvalue weighted by Crippen LogP contribution is 2.34.